The Morgan fingerprint density at radius 1 is 1.38 bits per heavy atom. The van der Waals surface area contributed by atoms with Crippen LogP contribution in [0.25, 0.3) is 0 Å². The van der Waals surface area contributed by atoms with Gasteiger partial charge in [0.15, 0.2) is 0 Å². The number of rotatable bonds is 1. The van der Waals surface area contributed by atoms with Crippen LogP contribution in [-0.4, -0.2) is 16.8 Å². The first-order chi connectivity index (χ1) is 7.58. The molecule has 1 aromatic rings. The van der Waals surface area contributed by atoms with Gasteiger partial charge in [0.25, 0.3) is 0 Å². The van der Waals surface area contributed by atoms with Gasteiger partial charge >= 0.3 is 0 Å². The van der Waals surface area contributed by atoms with Crippen molar-refractivity contribution in [3.63, 3.8) is 0 Å². The molecule has 84 valence electrons. The number of hydrogen-bond acceptors (Lipinski definition) is 3. The summed E-state index contributed by atoms with van der Waals surface area (Å²) >= 11 is 3.29. The van der Waals surface area contributed by atoms with E-state index < -0.39 is 0 Å². The number of carbonyl (C=O) groups is 2. The minimum absolute atomic E-state index is 0.128. The van der Waals surface area contributed by atoms with E-state index in [1.54, 1.807) is 18.3 Å². The summed E-state index contributed by atoms with van der Waals surface area (Å²) in [5.41, 5.74) is 0. The fourth-order valence-electron chi connectivity index (χ4n) is 1.76. The maximum absolute atomic E-state index is 11.8. The number of anilines is 1. The van der Waals surface area contributed by atoms with Gasteiger partial charge in [0, 0.05) is 23.5 Å². The molecule has 1 fully saturated rings. The van der Waals surface area contributed by atoms with E-state index in [0.29, 0.717) is 18.7 Å². The second-order valence-electron chi connectivity index (χ2n) is 3.97. The van der Waals surface area contributed by atoms with E-state index in [1.807, 2.05) is 6.92 Å². The summed E-state index contributed by atoms with van der Waals surface area (Å²) in [7, 11) is 0. The molecule has 0 radical (unpaired) electrons. The summed E-state index contributed by atoms with van der Waals surface area (Å²) < 4.78 is 0.803. The fraction of sp³-hybridized carbons (Fsp3) is 0.364. The zero-order valence-electron chi connectivity index (χ0n) is 8.81. The van der Waals surface area contributed by atoms with E-state index in [4.69, 9.17) is 0 Å². The number of piperidine rings is 1. The van der Waals surface area contributed by atoms with E-state index in [2.05, 4.69) is 20.9 Å². The van der Waals surface area contributed by atoms with E-state index in [1.165, 1.54) is 4.90 Å². The maximum atomic E-state index is 11.8. The standard InChI is InChI=1S/C11H11BrN2O2/c1-7-4-10(15)14(11(16)5-7)9-6-8(12)2-3-13-9/h2-3,6-7H,4-5H2,1H3. The van der Waals surface area contributed by atoms with E-state index in [0.717, 1.165) is 4.47 Å². The third-order valence-corrected chi connectivity index (χ3v) is 2.97. The van der Waals surface area contributed by atoms with Gasteiger partial charge in [-0.1, -0.05) is 22.9 Å². The molecular formula is C11H11BrN2O2. The summed E-state index contributed by atoms with van der Waals surface area (Å²) in [6.45, 7) is 1.90. The topological polar surface area (TPSA) is 50.3 Å². The highest BCUT2D eigenvalue weighted by Crippen LogP contribution is 2.25. The summed E-state index contributed by atoms with van der Waals surface area (Å²) in [6, 6.07) is 3.43. The van der Waals surface area contributed by atoms with Crippen molar-refractivity contribution in [3.05, 3.63) is 22.8 Å². The average molecular weight is 283 g/mol. The fourth-order valence-corrected chi connectivity index (χ4v) is 2.08. The predicted molar refractivity (Wildman–Crippen MR) is 62.8 cm³/mol. The predicted octanol–water partition coefficient (Wildman–Crippen LogP) is 2.13. The molecule has 0 atom stereocenters. The average Bonchev–Trinajstić information content (AvgIpc) is 2.15. The number of imide groups is 1. The zero-order chi connectivity index (χ0) is 11.7. The molecule has 0 N–H and O–H groups in total. The lowest BCUT2D eigenvalue weighted by atomic mass is 9.98. The second kappa shape index (κ2) is 4.33. The van der Waals surface area contributed by atoms with Crippen LogP contribution in [0.1, 0.15) is 19.8 Å². The van der Waals surface area contributed by atoms with Gasteiger partial charge in [0.05, 0.1) is 0 Å². The maximum Gasteiger partial charge on any atom is 0.235 e. The van der Waals surface area contributed by atoms with Crippen molar-refractivity contribution in [2.24, 2.45) is 5.92 Å². The Hall–Kier alpha value is -1.23. The van der Waals surface area contributed by atoms with E-state index in [-0.39, 0.29) is 17.7 Å². The largest absolute Gasteiger partial charge is 0.274 e. The minimum Gasteiger partial charge on any atom is -0.274 e. The van der Waals surface area contributed by atoms with Crippen molar-refractivity contribution >= 4 is 33.6 Å². The van der Waals surface area contributed by atoms with E-state index >= 15 is 0 Å². The van der Waals surface area contributed by atoms with E-state index in [9.17, 15) is 9.59 Å². The molecule has 1 aromatic heterocycles. The Morgan fingerprint density at radius 3 is 2.56 bits per heavy atom. The molecule has 1 aliphatic rings. The Balaban J connectivity index is 2.33. The van der Waals surface area contributed by atoms with Crippen LogP contribution in [-0.2, 0) is 9.59 Å². The Morgan fingerprint density at radius 2 is 2.00 bits per heavy atom. The molecule has 4 nitrogen and oxygen atoms in total. The monoisotopic (exact) mass is 282 g/mol. The lowest BCUT2D eigenvalue weighted by Crippen LogP contribution is -2.43. The number of halogens is 1. The molecule has 0 spiro atoms. The molecule has 1 saturated heterocycles. The Kier molecular flexibility index (Phi) is 3.05. The highest BCUT2D eigenvalue weighted by molar-refractivity contribution is 9.10. The van der Waals surface area contributed by atoms with Crippen LogP contribution in [0, 0.1) is 5.92 Å². The van der Waals surface area contributed by atoms with Crippen LogP contribution in [0.2, 0.25) is 0 Å². The van der Waals surface area contributed by atoms with Gasteiger partial charge in [-0.3, -0.25) is 9.59 Å². The first kappa shape index (κ1) is 11.3. The number of carbonyl (C=O) groups excluding carboxylic acids is 2. The first-order valence-corrected chi connectivity index (χ1v) is 5.84. The van der Waals surface area contributed by atoms with Crippen molar-refractivity contribution in [3.8, 4) is 0 Å². The molecule has 1 aliphatic heterocycles. The number of pyridine rings is 1. The summed E-state index contributed by atoms with van der Waals surface area (Å²) in [5.74, 6) is 0.184. The quantitative estimate of drug-likeness (QED) is 0.742. The summed E-state index contributed by atoms with van der Waals surface area (Å²) in [6.07, 6.45) is 2.37. The lowest BCUT2D eigenvalue weighted by molar-refractivity contribution is -0.130. The minimum atomic E-state index is -0.172. The van der Waals surface area contributed by atoms with Crippen LogP contribution in [0.15, 0.2) is 22.8 Å². The van der Waals surface area contributed by atoms with Gasteiger partial charge in [0.1, 0.15) is 5.82 Å². The SMILES string of the molecule is CC1CC(=O)N(c2cc(Br)ccn2)C(=O)C1. The van der Waals surface area contributed by atoms with Gasteiger partial charge in [-0.2, -0.15) is 0 Å². The summed E-state index contributed by atoms with van der Waals surface area (Å²) in [5, 5.41) is 0. The molecule has 5 heteroatoms. The first-order valence-electron chi connectivity index (χ1n) is 5.05. The third-order valence-electron chi connectivity index (χ3n) is 2.48. The van der Waals surface area contributed by atoms with Crippen molar-refractivity contribution in [2.45, 2.75) is 19.8 Å². The van der Waals surface area contributed by atoms with Crippen LogP contribution in [0.4, 0.5) is 5.82 Å². The van der Waals surface area contributed by atoms with Crippen LogP contribution < -0.4 is 4.90 Å². The molecule has 0 bridgehead atoms. The van der Waals surface area contributed by atoms with Crippen LogP contribution in [0.3, 0.4) is 0 Å². The molecule has 16 heavy (non-hydrogen) atoms. The molecule has 0 saturated carbocycles. The molecule has 2 rings (SSSR count). The molecule has 0 aromatic carbocycles. The smallest absolute Gasteiger partial charge is 0.235 e. The van der Waals surface area contributed by atoms with Gasteiger partial charge in [-0.25, -0.2) is 9.88 Å². The number of hydrogen-bond donors (Lipinski definition) is 0. The highest BCUT2D eigenvalue weighted by Gasteiger charge is 2.32. The summed E-state index contributed by atoms with van der Waals surface area (Å²) in [4.78, 5) is 28.8. The van der Waals surface area contributed by atoms with Gasteiger partial charge in [-0.15, -0.1) is 0 Å². The molecular weight excluding hydrogens is 272 g/mol. The van der Waals surface area contributed by atoms with Gasteiger partial charge in [0.2, 0.25) is 11.8 Å². The lowest BCUT2D eigenvalue weighted by Gasteiger charge is -2.27. The Labute approximate surface area is 102 Å². The van der Waals surface area contributed by atoms with Gasteiger partial charge < -0.3 is 0 Å². The second-order valence-corrected chi connectivity index (χ2v) is 4.88. The number of aromatic nitrogens is 1. The van der Waals surface area contributed by atoms with Crippen LogP contribution in [0.5, 0.6) is 0 Å². The number of nitrogens with zero attached hydrogens (tertiary/aromatic N) is 2. The molecule has 2 heterocycles. The number of amides is 2. The molecule has 0 aliphatic carbocycles. The van der Waals surface area contributed by atoms with Crippen molar-refractivity contribution in [1.29, 1.82) is 0 Å². The highest BCUT2D eigenvalue weighted by atomic mass is 79.9. The van der Waals surface area contributed by atoms with Crippen molar-refractivity contribution in [1.82, 2.24) is 4.98 Å². The van der Waals surface area contributed by atoms with Crippen molar-refractivity contribution in [2.75, 3.05) is 4.90 Å². The molecule has 0 unspecified atom stereocenters. The van der Waals surface area contributed by atoms with Crippen molar-refractivity contribution < 1.29 is 9.59 Å². The third kappa shape index (κ3) is 2.14. The normalized spacial score (nSPS) is 18.0. The zero-order valence-corrected chi connectivity index (χ0v) is 10.4. The molecule has 2 amide bonds. The Bertz CT molecular complexity index is 429. The van der Waals surface area contributed by atoms with Gasteiger partial charge in [-0.05, 0) is 18.1 Å². The van der Waals surface area contributed by atoms with Crippen LogP contribution >= 0.6 is 15.9 Å².